The summed E-state index contributed by atoms with van der Waals surface area (Å²) in [5, 5.41) is 10.5. The second kappa shape index (κ2) is 4.36. The average molecular weight is 249 g/mol. The Morgan fingerprint density at radius 2 is 2.17 bits per heavy atom. The van der Waals surface area contributed by atoms with Crippen molar-refractivity contribution in [2.45, 2.75) is 26.8 Å². The number of rotatable bonds is 2. The highest BCUT2D eigenvalue weighted by Gasteiger charge is 2.31. The van der Waals surface area contributed by atoms with E-state index in [9.17, 15) is 10.1 Å². The van der Waals surface area contributed by atoms with Gasteiger partial charge < -0.3 is 4.74 Å². The molecular weight excluding hydrogens is 234 g/mol. The largest absolute Gasteiger partial charge is 0.474 e. The van der Waals surface area contributed by atoms with E-state index in [2.05, 4.69) is 30.7 Å². The van der Waals surface area contributed by atoms with Gasteiger partial charge in [0, 0.05) is 6.07 Å². The fourth-order valence-corrected chi connectivity index (χ4v) is 1.58. The van der Waals surface area contributed by atoms with E-state index in [1.807, 2.05) is 0 Å². The fourth-order valence-electron chi connectivity index (χ4n) is 1.58. The summed E-state index contributed by atoms with van der Waals surface area (Å²) in [6.45, 7) is 6.81. The molecular formula is C12H15N3O3. The number of ether oxygens (including phenoxy) is 1. The zero-order valence-electron chi connectivity index (χ0n) is 10.6. The molecule has 96 valence electrons. The summed E-state index contributed by atoms with van der Waals surface area (Å²) in [6, 6.07) is 3.05. The van der Waals surface area contributed by atoms with Gasteiger partial charge in [0.2, 0.25) is 5.90 Å². The Morgan fingerprint density at radius 3 is 2.61 bits per heavy atom. The van der Waals surface area contributed by atoms with Gasteiger partial charge in [-0.25, -0.2) is 9.98 Å². The number of nitro groups is 1. The molecule has 0 saturated heterocycles. The Labute approximate surface area is 105 Å². The highest BCUT2D eigenvalue weighted by Crippen LogP contribution is 2.27. The number of aliphatic imine (C=N–C) groups is 1. The minimum Gasteiger partial charge on any atom is -0.474 e. The summed E-state index contributed by atoms with van der Waals surface area (Å²) in [6.07, 6.45) is 1.21. The maximum Gasteiger partial charge on any atom is 0.287 e. The first-order valence-corrected chi connectivity index (χ1v) is 5.69. The van der Waals surface area contributed by atoms with Gasteiger partial charge in [0.15, 0.2) is 0 Å². The SMILES string of the molecule is CC(C)(C)[C@H]1COC(c2ccc([N+](=O)[O-])cn2)=N1. The lowest BCUT2D eigenvalue weighted by Gasteiger charge is -2.21. The van der Waals surface area contributed by atoms with E-state index in [1.54, 1.807) is 6.07 Å². The van der Waals surface area contributed by atoms with Crippen molar-refractivity contribution in [3.05, 3.63) is 34.1 Å². The predicted octanol–water partition coefficient (Wildman–Crippen LogP) is 2.18. The Kier molecular flexibility index (Phi) is 3.02. The molecule has 6 nitrogen and oxygen atoms in total. The summed E-state index contributed by atoms with van der Waals surface area (Å²) in [5.41, 5.74) is 0.528. The van der Waals surface area contributed by atoms with Crippen molar-refractivity contribution >= 4 is 11.6 Å². The minimum absolute atomic E-state index is 0.0303. The molecule has 0 aliphatic carbocycles. The molecule has 0 amide bonds. The van der Waals surface area contributed by atoms with Crippen LogP contribution in [0.2, 0.25) is 0 Å². The van der Waals surface area contributed by atoms with Gasteiger partial charge >= 0.3 is 0 Å². The molecule has 0 radical (unpaired) electrons. The quantitative estimate of drug-likeness (QED) is 0.594. The van der Waals surface area contributed by atoms with Crippen molar-refractivity contribution in [1.29, 1.82) is 0 Å². The smallest absolute Gasteiger partial charge is 0.287 e. The lowest BCUT2D eigenvalue weighted by molar-refractivity contribution is -0.385. The molecule has 1 aromatic heterocycles. The van der Waals surface area contributed by atoms with Crippen LogP contribution in [-0.4, -0.2) is 28.5 Å². The van der Waals surface area contributed by atoms with Crippen molar-refractivity contribution in [2.75, 3.05) is 6.61 Å². The Bertz CT molecular complexity index is 488. The van der Waals surface area contributed by atoms with E-state index in [0.29, 0.717) is 18.2 Å². The molecule has 2 rings (SSSR count). The number of hydrogen-bond donors (Lipinski definition) is 0. The standard InChI is InChI=1S/C12H15N3O3/c1-12(2,3)10-7-18-11(14-10)9-5-4-8(6-13-9)15(16)17/h4-6,10H,7H2,1-3H3/t10-/m1/s1. The van der Waals surface area contributed by atoms with Gasteiger partial charge in [-0.1, -0.05) is 20.8 Å². The highest BCUT2D eigenvalue weighted by molar-refractivity contribution is 5.93. The van der Waals surface area contributed by atoms with Crippen molar-refractivity contribution in [3.8, 4) is 0 Å². The van der Waals surface area contributed by atoms with E-state index in [0.717, 1.165) is 0 Å². The van der Waals surface area contributed by atoms with Crippen LogP contribution in [0.25, 0.3) is 0 Å². The number of aromatic nitrogens is 1. The second-order valence-corrected chi connectivity index (χ2v) is 5.29. The number of pyridine rings is 1. The van der Waals surface area contributed by atoms with Crippen LogP contribution in [0.1, 0.15) is 26.5 Å². The van der Waals surface area contributed by atoms with Gasteiger partial charge in [-0.15, -0.1) is 0 Å². The molecule has 6 heteroatoms. The molecule has 1 atom stereocenters. The molecule has 0 fully saturated rings. The average Bonchev–Trinajstić information content (AvgIpc) is 2.78. The van der Waals surface area contributed by atoms with Crippen molar-refractivity contribution in [2.24, 2.45) is 10.4 Å². The van der Waals surface area contributed by atoms with Crippen molar-refractivity contribution in [1.82, 2.24) is 4.98 Å². The maximum absolute atomic E-state index is 10.5. The first-order chi connectivity index (χ1) is 8.38. The van der Waals surface area contributed by atoms with Crippen LogP contribution in [0.5, 0.6) is 0 Å². The van der Waals surface area contributed by atoms with Crippen LogP contribution in [0.3, 0.4) is 0 Å². The summed E-state index contributed by atoms with van der Waals surface area (Å²) in [5.74, 6) is 0.463. The molecule has 1 aliphatic rings. The lowest BCUT2D eigenvalue weighted by Crippen LogP contribution is -2.25. The van der Waals surface area contributed by atoms with Gasteiger partial charge in [0.05, 0.1) is 11.0 Å². The molecule has 18 heavy (non-hydrogen) atoms. The fraction of sp³-hybridized carbons (Fsp3) is 0.500. The molecule has 0 saturated carbocycles. The van der Waals surface area contributed by atoms with Gasteiger partial charge in [-0.2, -0.15) is 0 Å². The van der Waals surface area contributed by atoms with Gasteiger partial charge in [0.25, 0.3) is 5.69 Å². The molecule has 0 bridgehead atoms. The topological polar surface area (TPSA) is 77.6 Å². The van der Waals surface area contributed by atoms with Gasteiger partial charge in [0.1, 0.15) is 18.5 Å². The van der Waals surface area contributed by atoms with Crippen molar-refractivity contribution < 1.29 is 9.66 Å². The van der Waals surface area contributed by atoms with Gasteiger partial charge in [-0.05, 0) is 11.5 Å². The normalized spacial score (nSPS) is 19.3. The van der Waals surface area contributed by atoms with Crippen LogP contribution in [0, 0.1) is 15.5 Å². The van der Waals surface area contributed by atoms with E-state index >= 15 is 0 Å². The molecule has 1 aromatic rings. The maximum atomic E-state index is 10.5. The second-order valence-electron chi connectivity index (χ2n) is 5.29. The first kappa shape index (κ1) is 12.5. The van der Waals surface area contributed by atoms with Crippen LogP contribution >= 0.6 is 0 Å². The summed E-state index contributed by atoms with van der Waals surface area (Å²) >= 11 is 0. The van der Waals surface area contributed by atoms with Crippen LogP contribution < -0.4 is 0 Å². The Hall–Kier alpha value is -1.98. The first-order valence-electron chi connectivity index (χ1n) is 5.69. The molecule has 0 aromatic carbocycles. The molecule has 0 unspecified atom stereocenters. The summed E-state index contributed by atoms with van der Waals surface area (Å²) < 4.78 is 5.50. The zero-order chi connectivity index (χ0) is 13.3. The van der Waals surface area contributed by atoms with E-state index in [4.69, 9.17) is 4.74 Å². The van der Waals surface area contributed by atoms with E-state index in [-0.39, 0.29) is 17.1 Å². The Morgan fingerprint density at radius 1 is 1.44 bits per heavy atom. The predicted molar refractivity (Wildman–Crippen MR) is 66.6 cm³/mol. The Balaban J connectivity index is 2.21. The van der Waals surface area contributed by atoms with Gasteiger partial charge in [-0.3, -0.25) is 10.1 Å². The molecule has 2 heterocycles. The lowest BCUT2D eigenvalue weighted by atomic mass is 9.88. The van der Waals surface area contributed by atoms with E-state index < -0.39 is 4.92 Å². The van der Waals surface area contributed by atoms with Crippen molar-refractivity contribution in [3.63, 3.8) is 0 Å². The minimum atomic E-state index is -0.480. The monoisotopic (exact) mass is 249 g/mol. The third-order valence-corrected chi connectivity index (χ3v) is 2.83. The van der Waals surface area contributed by atoms with E-state index in [1.165, 1.54) is 12.3 Å². The highest BCUT2D eigenvalue weighted by atomic mass is 16.6. The van der Waals surface area contributed by atoms with Crippen LogP contribution in [0.15, 0.2) is 23.3 Å². The third-order valence-electron chi connectivity index (χ3n) is 2.83. The zero-order valence-corrected chi connectivity index (χ0v) is 10.6. The summed E-state index contributed by atoms with van der Waals surface area (Å²) in [7, 11) is 0. The molecule has 0 spiro atoms. The van der Waals surface area contributed by atoms with Crippen LogP contribution in [-0.2, 0) is 4.74 Å². The number of nitrogens with zero attached hydrogens (tertiary/aromatic N) is 3. The summed E-state index contributed by atoms with van der Waals surface area (Å²) in [4.78, 5) is 18.5. The third kappa shape index (κ3) is 2.47. The molecule has 0 N–H and O–H groups in total. The van der Waals surface area contributed by atoms with Crippen LogP contribution in [0.4, 0.5) is 5.69 Å². The molecule has 1 aliphatic heterocycles. The number of hydrogen-bond acceptors (Lipinski definition) is 5.